The number of aliphatic hydroxyl groups excluding tert-OH is 1. The predicted molar refractivity (Wildman–Crippen MR) is 67.9 cm³/mol. The zero-order chi connectivity index (χ0) is 13.9. The van der Waals surface area contributed by atoms with Crippen LogP contribution in [0.4, 0.5) is 11.5 Å². The molecule has 0 aliphatic carbocycles. The van der Waals surface area contributed by atoms with E-state index in [1.165, 1.54) is 0 Å². The molecule has 1 heterocycles. The van der Waals surface area contributed by atoms with Crippen LogP contribution in [0.3, 0.4) is 0 Å². The predicted octanol–water partition coefficient (Wildman–Crippen LogP) is 1.78. The van der Waals surface area contributed by atoms with Crippen LogP contribution in [0.25, 0.3) is 0 Å². The molecule has 8 heteroatoms. The molecular formula is C10H15ClN4O3. The van der Waals surface area contributed by atoms with Crippen molar-refractivity contribution in [3.8, 4) is 0 Å². The van der Waals surface area contributed by atoms with Crippen LogP contribution in [0.15, 0.2) is 0 Å². The van der Waals surface area contributed by atoms with Crippen LogP contribution in [-0.4, -0.2) is 32.1 Å². The highest BCUT2D eigenvalue weighted by Gasteiger charge is 2.27. The molecule has 2 N–H and O–H groups in total. The van der Waals surface area contributed by atoms with Gasteiger partial charge in [0, 0.05) is 6.42 Å². The maximum Gasteiger partial charge on any atom is 0.348 e. The number of halogens is 1. The minimum absolute atomic E-state index is 0.0240. The van der Waals surface area contributed by atoms with Gasteiger partial charge in [0.25, 0.3) is 0 Å². The Hall–Kier alpha value is -1.47. The number of rotatable bonds is 5. The molecule has 7 nitrogen and oxygen atoms in total. The Balaban J connectivity index is 3.30. The normalized spacial score (nSPS) is 11.4. The van der Waals surface area contributed by atoms with Crippen molar-refractivity contribution in [3.05, 3.63) is 21.1 Å². The average Bonchev–Trinajstić information content (AvgIpc) is 2.27. The lowest BCUT2D eigenvalue weighted by Gasteiger charge is -2.24. The Bertz CT molecular complexity index is 465. The van der Waals surface area contributed by atoms with Gasteiger partial charge in [0.2, 0.25) is 11.0 Å². The van der Waals surface area contributed by atoms with Crippen molar-refractivity contribution in [2.75, 3.05) is 11.9 Å². The zero-order valence-electron chi connectivity index (χ0n) is 10.4. The van der Waals surface area contributed by atoms with E-state index in [0.717, 1.165) is 0 Å². The van der Waals surface area contributed by atoms with Crippen LogP contribution < -0.4 is 5.32 Å². The first-order valence-electron chi connectivity index (χ1n) is 5.40. The number of anilines is 1. The van der Waals surface area contributed by atoms with Gasteiger partial charge in [-0.3, -0.25) is 10.1 Å². The molecule has 0 aliphatic rings. The summed E-state index contributed by atoms with van der Waals surface area (Å²) >= 11 is 5.79. The topological polar surface area (TPSA) is 101 Å². The van der Waals surface area contributed by atoms with Crippen LogP contribution in [0.2, 0.25) is 5.15 Å². The molecule has 1 rings (SSSR count). The van der Waals surface area contributed by atoms with Crippen LogP contribution in [0, 0.1) is 10.1 Å². The Morgan fingerprint density at radius 2 is 2.11 bits per heavy atom. The number of hydrogen-bond acceptors (Lipinski definition) is 6. The molecule has 0 bridgehead atoms. The molecule has 0 saturated heterocycles. The fourth-order valence-electron chi connectivity index (χ4n) is 1.24. The molecule has 1 aromatic rings. The smallest absolute Gasteiger partial charge is 0.348 e. The molecule has 0 radical (unpaired) electrons. The third kappa shape index (κ3) is 3.27. The molecule has 1 aromatic heterocycles. The average molecular weight is 275 g/mol. The van der Waals surface area contributed by atoms with E-state index in [4.69, 9.17) is 11.6 Å². The van der Waals surface area contributed by atoms with Crippen molar-refractivity contribution in [1.29, 1.82) is 0 Å². The SMILES string of the molecule is CCc1nc(Cl)c([N+](=O)[O-])c(NC(C)(C)CO)n1. The molecule has 0 aromatic carbocycles. The van der Waals surface area contributed by atoms with Gasteiger partial charge in [0.05, 0.1) is 17.1 Å². The molecule has 0 spiro atoms. The lowest BCUT2D eigenvalue weighted by Crippen LogP contribution is -2.35. The summed E-state index contributed by atoms with van der Waals surface area (Å²) in [4.78, 5) is 18.2. The summed E-state index contributed by atoms with van der Waals surface area (Å²) in [5, 5.41) is 22.7. The van der Waals surface area contributed by atoms with Crippen LogP contribution in [0.1, 0.15) is 26.6 Å². The second kappa shape index (κ2) is 5.45. The monoisotopic (exact) mass is 274 g/mol. The van der Waals surface area contributed by atoms with E-state index in [1.807, 2.05) is 6.92 Å². The van der Waals surface area contributed by atoms with Crippen molar-refractivity contribution in [2.45, 2.75) is 32.7 Å². The second-order valence-electron chi connectivity index (χ2n) is 4.41. The van der Waals surface area contributed by atoms with Crippen molar-refractivity contribution >= 4 is 23.1 Å². The standard InChI is InChI=1S/C10H15ClN4O3/c1-4-6-12-8(11)7(15(17)18)9(13-6)14-10(2,3)5-16/h16H,4-5H2,1-3H3,(H,12,13,14). The largest absolute Gasteiger partial charge is 0.394 e. The van der Waals surface area contributed by atoms with Gasteiger partial charge in [-0.05, 0) is 13.8 Å². The molecule has 0 fully saturated rings. The minimum Gasteiger partial charge on any atom is -0.394 e. The van der Waals surface area contributed by atoms with Gasteiger partial charge in [-0.15, -0.1) is 0 Å². The maximum atomic E-state index is 11.0. The van der Waals surface area contributed by atoms with Gasteiger partial charge in [0.15, 0.2) is 0 Å². The van der Waals surface area contributed by atoms with Crippen LogP contribution in [-0.2, 0) is 6.42 Å². The van der Waals surface area contributed by atoms with E-state index in [9.17, 15) is 15.2 Å². The number of aliphatic hydroxyl groups is 1. The van der Waals surface area contributed by atoms with Crippen molar-refractivity contribution in [2.24, 2.45) is 0 Å². The van der Waals surface area contributed by atoms with Crippen LogP contribution >= 0.6 is 11.6 Å². The second-order valence-corrected chi connectivity index (χ2v) is 4.76. The van der Waals surface area contributed by atoms with Gasteiger partial charge in [-0.25, -0.2) is 9.97 Å². The Kier molecular flexibility index (Phi) is 4.42. The molecule has 18 heavy (non-hydrogen) atoms. The number of nitro groups is 1. The van der Waals surface area contributed by atoms with Crippen LogP contribution in [0.5, 0.6) is 0 Å². The highest BCUT2D eigenvalue weighted by atomic mass is 35.5. The summed E-state index contributed by atoms with van der Waals surface area (Å²) in [5.41, 5.74) is -1.12. The summed E-state index contributed by atoms with van der Waals surface area (Å²) in [6, 6.07) is 0. The van der Waals surface area contributed by atoms with Crippen molar-refractivity contribution in [1.82, 2.24) is 9.97 Å². The summed E-state index contributed by atoms with van der Waals surface area (Å²) in [7, 11) is 0. The third-order valence-corrected chi connectivity index (χ3v) is 2.50. The highest BCUT2D eigenvalue weighted by molar-refractivity contribution is 6.31. The summed E-state index contributed by atoms with van der Waals surface area (Å²) in [6.07, 6.45) is 0.506. The Morgan fingerprint density at radius 3 is 2.56 bits per heavy atom. The van der Waals surface area contributed by atoms with E-state index in [2.05, 4.69) is 15.3 Å². The molecule has 100 valence electrons. The lowest BCUT2D eigenvalue weighted by molar-refractivity contribution is -0.384. The van der Waals surface area contributed by atoms with Gasteiger partial charge < -0.3 is 10.4 Å². The van der Waals surface area contributed by atoms with E-state index in [1.54, 1.807) is 13.8 Å². The number of aryl methyl sites for hydroxylation is 1. The number of nitrogens with zero attached hydrogens (tertiary/aromatic N) is 3. The fraction of sp³-hybridized carbons (Fsp3) is 0.600. The number of aromatic nitrogens is 2. The molecular weight excluding hydrogens is 260 g/mol. The van der Waals surface area contributed by atoms with Gasteiger partial charge in [-0.1, -0.05) is 18.5 Å². The van der Waals surface area contributed by atoms with E-state index in [-0.39, 0.29) is 23.3 Å². The molecule has 0 aliphatic heterocycles. The van der Waals surface area contributed by atoms with Gasteiger partial charge >= 0.3 is 5.69 Å². The van der Waals surface area contributed by atoms with E-state index in [0.29, 0.717) is 12.2 Å². The zero-order valence-corrected chi connectivity index (χ0v) is 11.2. The lowest BCUT2D eigenvalue weighted by atomic mass is 10.1. The summed E-state index contributed by atoms with van der Waals surface area (Å²) in [5.74, 6) is 0.428. The quantitative estimate of drug-likeness (QED) is 0.482. The Morgan fingerprint density at radius 1 is 1.50 bits per heavy atom. The minimum atomic E-state index is -0.743. The maximum absolute atomic E-state index is 11.0. The summed E-state index contributed by atoms with van der Waals surface area (Å²) in [6.45, 7) is 5.00. The van der Waals surface area contributed by atoms with Gasteiger partial charge in [0.1, 0.15) is 5.82 Å². The number of hydrogen-bond donors (Lipinski definition) is 2. The molecule has 0 amide bonds. The van der Waals surface area contributed by atoms with Crippen molar-refractivity contribution < 1.29 is 10.0 Å². The van der Waals surface area contributed by atoms with Crippen molar-refractivity contribution in [3.63, 3.8) is 0 Å². The number of nitrogens with one attached hydrogen (secondary N) is 1. The third-order valence-electron chi connectivity index (χ3n) is 2.24. The van der Waals surface area contributed by atoms with E-state index < -0.39 is 10.5 Å². The molecule has 0 unspecified atom stereocenters. The molecule has 0 atom stereocenters. The van der Waals surface area contributed by atoms with E-state index >= 15 is 0 Å². The summed E-state index contributed by atoms with van der Waals surface area (Å²) < 4.78 is 0. The first-order valence-corrected chi connectivity index (χ1v) is 5.78. The first kappa shape index (κ1) is 14.6. The fourth-order valence-corrected chi connectivity index (χ4v) is 1.49. The van der Waals surface area contributed by atoms with Gasteiger partial charge in [-0.2, -0.15) is 0 Å². The Labute approximate surface area is 109 Å². The highest BCUT2D eigenvalue weighted by Crippen LogP contribution is 2.31. The molecule has 0 saturated carbocycles. The first-order chi connectivity index (χ1) is 8.30.